The van der Waals surface area contributed by atoms with Crippen LogP contribution in [0.3, 0.4) is 0 Å². The second kappa shape index (κ2) is 6.39. The molecule has 104 valence electrons. The molecule has 2 nitrogen and oxygen atoms in total. The first-order chi connectivity index (χ1) is 9.75. The molecule has 0 spiro atoms. The molecule has 0 saturated heterocycles. The van der Waals surface area contributed by atoms with Gasteiger partial charge in [-0.2, -0.15) is 0 Å². The number of halogens is 2. The highest BCUT2D eigenvalue weighted by molar-refractivity contribution is 14.1. The Hall–Kier alpha value is -0.680. The van der Waals surface area contributed by atoms with Crippen molar-refractivity contribution in [3.63, 3.8) is 0 Å². The van der Waals surface area contributed by atoms with Crippen molar-refractivity contribution in [3.05, 3.63) is 44.9 Å². The number of hydrogen-bond donors (Lipinski definition) is 0. The summed E-state index contributed by atoms with van der Waals surface area (Å²) in [5.41, 5.74) is 2.07. The van der Waals surface area contributed by atoms with Crippen LogP contribution in [0.4, 0.5) is 0 Å². The second-order valence-electron chi connectivity index (χ2n) is 5.24. The first kappa shape index (κ1) is 14.3. The van der Waals surface area contributed by atoms with E-state index in [-0.39, 0.29) is 0 Å². The standard InChI is InChI=1S/C16H16ClIN2/c17-15-13(18)14(11-7-3-1-4-8-11)19-16(20-15)12-9-5-2-6-10-12/h1,3-4,7-8,12H,2,5-6,9-10H2. The summed E-state index contributed by atoms with van der Waals surface area (Å²) in [6, 6.07) is 10.2. The zero-order valence-corrected chi connectivity index (χ0v) is 14.1. The van der Waals surface area contributed by atoms with E-state index < -0.39 is 0 Å². The quantitative estimate of drug-likeness (QED) is 0.496. The molecule has 1 aromatic carbocycles. The number of benzene rings is 1. The van der Waals surface area contributed by atoms with Crippen molar-refractivity contribution in [2.24, 2.45) is 0 Å². The Balaban J connectivity index is 2.03. The fourth-order valence-corrected chi connectivity index (χ4v) is 3.50. The van der Waals surface area contributed by atoms with E-state index in [4.69, 9.17) is 16.6 Å². The minimum Gasteiger partial charge on any atom is -0.231 e. The monoisotopic (exact) mass is 398 g/mol. The maximum absolute atomic E-state index is 6.33. The van der Waals surface area contributed by atoms with Gasteiger partial charge >= 0.3 is 0 Å². The van der Waals surface area contributed by atoms with Gasteiger partial charge in [0.05, 0.1) is 9.26 Å². The van der Waals surface area contributed by atoms with Crippen LogP contribution in [0.1, 0.15) is 43.8 Å². The molecule has 0 amide bonds. The lowest BCUT2D eigenvalue weighted by Crippen LogP contribution is -2.10. The van der Waals surface area contributed by atoms with Gasteiger partial charge in [-0.25, -0.2) is 9.97 Å². The number of aromatic nitrogens is 2. The number of nitrogens with zero attached hydrogens (tertiary/aromatic N) is 2. The molecule has 3 rings (SSSR count). The molecule has 0 aliphatic heterocycles. The lowest BCUT2D eigenvalue weighted by Gasteiger charge is -2.21. The van der Waals surface area contributed by atoms with Gasteiger partial charge < -0.3 is 0 Å². The lowest BCUT2D eigenvalue weighted by molar-refractivity contribution is 0.428. The van der Waals surface area contributed by atoms with Gasteiger partial charge in [0, 0.05) is 11.5 Å². The maximum atomic E-state index is 6.33. The molecule has 0 radical (unpaired) electrons. The van der Waals surface area contributed by atoms with Gasteiger partial charge in [0.2, 0.25) is 0 Å². The van der Waals surface area contributed by atoms with Crippen LogP contribution < -0.4 is 0 Å². The molecule has 1 heterocycles. The van der Waals surface area contributed by atoms with E-state index in [0.29, 0.717) is 11.1 Å². The Morgan fingerprint density at radius 2 is 1.70 bits per heavy atom. The van der Waals surface area contributed by atoms with Gasteiger partial charge in [0.15, 0.2) is 0 Å². The molecular weight excluding hydrogens is 383 g/mol. The van der Waals surface area contributed by atoms with Gasteiger partial charge in [-0.3, -0.25) is 0 Å². The van der Waals surface area contributed by atoms with Crippen LogP contribution in [0.25, 0.3) is 11.3 Å². The van der Waals surface area contributed by atoms with Crippen LogP contribution in [-0.4, -0.2) is 9.97 Å². The van der Waals surface area contributed by atoms with Gasteiger partial charge in [-0.05, 0) is 35.4 Å². The van der Waals surface area contributed by atoms with Gasteiger partial charge in [0.25, 0.3) is 0 Å². The molecule has 1 fully saturated rings. The summed E-state index contributed by atoms with van der Waals surface area (Å²) in [6.45, 7) is 0. The zero-order chi connectivity index (χ0) is 13.9. The van der Waals surface area contributed by atoms with Crippen molar-refractivity contribution >= 4 is 34.2 Å². The highest BCUT2D eigenvalue weighted by Crippen LogP contribution is 2.34. The average Bonchev–Trinajstić information content (AvgIpc) is 2.51. The summed E-state index contributed by atoms with van der Waals surface area (Å²) in [4.78, 5) is 9.35. The maximum Gasteiger partial charge on any atom is 0.146 e. The fourth-order valence-electron chi connectivity index (χ4n) is 2.77. The van der Waals surface area contributed by atoms with Crippen LogP contribution in [0, 0.1) is 3.57 Å². The van der Waals surface area contributed by atoms with E-state index in [1.807, 2.05) is 18.2 Å². The molecule has 20 heavy (non-hydrogen) atoms. The van der Waals surface area contributed by atoms with E-state index in [1.54, 1.807) is 0 Å². The minimum absolute atomic E-state index is 0.473. The largest absolute Gasteiger partial charge is 0.231 e. The SMILES string of the molecule is Clc1nc(C2CCCCC2)nc(-c2ccccc2)c1I. The Bertz CT molecular complexity index is 595. The summed E-state index contributed by atoms with van der Waals surface area (Å²) in [6.07, 6.45) is 6.26. The molecule has 1 saturated carbocycles. The first-order valence-corrected chi connectivity index (χ1v) is 8.49. The summed E-state index contributed by atoms with van der Waals surface area (Å²) in [5, 5.41) is 0.583. The van der Waals surface area contributed by atoms with Crippen molar-refractivity contribution < 1.29 is 0 Å². The third-order valence-corrected chi connectivity index (χ3v) is 5.46. The highest BCUT2D eigenvalue weighted by Gasteiger charge is 2.21. The minimum atomic E-state index is 0.473. The molecule has 1 aromatic heterocycles. The van der Waals surface area contributed by atoms with E-state index >= 15 is 0 Å². The topological polar surface area (TPSA) is 25.8 Å². The average molecular weight is 399 g/mol. The molecule has 2 aromatic rings. The molecule has 0 unspecified atom stereocenters. The summed E-state index contributed by atoms with van der Waals surface area (Å²) in [5.74, 6) is 1.40. The summed E-state index contributed by atoms with van der Waals surface area (Å²) in [7, 11) is 0. The van der Waals surface area contributed by atoms with Crippen molar-refractivity contribution in [2.75, 3.05) is 0 Å². The van der Waals surface area contributed by atoms with Gasteiger partial charge in [-0.15, -0.1) is 0 Å². The number of hydrogen-bond acceptors (Lipinski definition) is 2. The highest BCUT2D eigenvalue weighted by atomic mass is 127. The molecule has 1 aliphatic carbocycles. The zero-order valence-electron chi connectivity index (χ0n) is 11.1. The number of rotatable bonds is 2. The Morgan fingerprint density at radius 3 is 2.40 bits per heavy atom. The van der Waals surface area contributed by atoms with E-state index in [0.717, 1.165) is 20.7 Å². The van der Waals surface area contributed by atoms with Crippen molar-refractivity contribution in [3.8, 4) is 11.3 Å². The third kappa shape index (κ3) is 2.98. The summed E-state index contributed by atoms with van der Waals surface area (Å²) >= 11 is 8.57. The van der Waals surface area contributed by atoms with E-state index in [1.165, 1.54) is 32.1 Å². The fraction of sp³-hybridized carbons (Fsp3) is 0.375. The third-order valence-electron chi connectivity index (χ3n) is 3.85. The van der Waals surface area contributed by atoms with Crippen LogP contribution in [-0.2, 0) is 0 Å². The van der Waals surface area contributed by atoms with Crippen LogP contribution in [0.15, 0.2) is 30.3 Å². The predicted octanol–water partition coefficient (Wildman–Crippen LogP) is 5.45. The molecule has 0 atom stereocenters. The molecule has 0 N–H and O–H groups in total. The molecule has 4 heteroatoms. The van der Waals surface area contributed by atoms with Crippen molar-refractivity contribution in [1.82, 2.24) is 9.97 Å². The molecule has 1 aliphatic rings. The Kier molecular flexibility index (Phi) is 4.56. The normalized spacial score (nSPS) is 16.3. The van der Waals surface area contributed by atoms with E-state index in [2.05, 4.69) is 39.7 Å². The predicted molar refractivity (Wildman–Crippen MR) is 91.0 cm³/mol. The Morgan fingerprint density at radius 1 is 1.00 bits per heavy atom. The Labute approximate surface area is 138 Å². The van der Waals surface area contributed by atoms with Gasteiger partial charge in [0.1, 0.15) is 11.0 Å². The lowest BCUT2D eigenvalue weighted by atomic mass is 9.88. The van der Waals surface area contributed by atoms with E-state index in [9.17, 15) is 0 Å². The first-order valence-electron chi connectivity index (χ1n) is 7.04. The van der Waals surface area contributed by atoms with Crippen molar-refractivity contribution in [2.45, 2.75) is 38.0 Å². The van der Waals surface area contributed by atoms with Crippen molar-refractivity contribution in [1.29, 1.82) is 0 Å². The van der Waals surface area contributed by atoms with Crippen LogP contribution in [0.5, 0.6) is 0 Å². The van der Waals surface area contributed by atoms with Crippen LogP contribution >= 0.6 is 34.2 Å². The molecular formula is C16H16ClIN2. The smallest absolute Gasteiger partial charge is 0.146 e. The molecule has 0 bridgehead atoms. The summed E-state index contributed by atoms with van der Waals surface area (Å²) < 4.78 is 0.940. The van der Waals surface area contributed by atoms with Crippen LogP contribution in [0.2, 0.25) is 5.15 Å². The second-order valence-corrected chi connectivity index (χ2v) is 6.67. The van der Waals surface area contributed by atoms with Gasteiger partial charge in [-0.1, -0.05) is 61.2 Å².